The van der Waals surface area contributed by atoms with Gasteiger partial charge in [0.05, 0.1) is 16.6 Å². The molecular weight excluding hydrogens is 294 g/mol. The van der Waals surface area contributed by atoms with Gasteiger partial charge in [0.15, 0.2) is 5.78 Å². The number of nitrogens with zero attached hydrogens (tertiary/aromatic N) is 1. The first-order valence-corrected chi connectivity index (χ1v) is 6.52. The Morgan fingerprint density at radius 3 is 2.62 bits per heavy atom. The lowest BCUT2D eigenvalue weighted by atomic mass is 10.1. The van der Waals surface area contributed by atoms with Gasteiger partial charge < -0.3 is 4.74 Å². The lowest BCUT2D eigenvalue weighted by Gasteiger charge is -2.08. The van der Waals surface area contributed by atoms with Crippen LogP contribution in [0, 0.1) is 10.1 Å². The molecule has 108 valence electrons. The van der Waals surface area contributed by atoms with E-state index in [9.17, 15) is 14.9 Å². The van der Waals surface area contributed by atoms with Crippen LogP contribution in [-0.4, -0.2) is 10.7 Å². The third kappa shape index (κ3) is 3.58. The quantitative estimate of drug-likeness (QED) is 0.475. The van der Waals surface area contributed by atoms with Crippen molar-refractivity contribution in [3.05, 3.63) is 68.7 Å². The van der Waals surface area contributed by atoms with E-state index in [0.717, 1.165) is 5.56 Å². The van der Waals surface area contributed by atoms with Crippen LogP contribution >= 0.6 is 11.6 Å². The highest BCUT2D eigenvalue weighted by molar-refractivity contribution is 6.31. The Labute approximate surface area is 126 Å². The standard InChI is InChI=1S/C15H12ClNO4/c1-10(18)13-7-6-12(8-15(13)17(19)20)21-9-11-4-2-3-5-14(11)16/h2-8H,9H2,1H3. The molecule has 0 atom stereocenters. The molecule has 0 unspecified atom stereocenters. The molecule has 5 nitrogen and oxygen atoms in total. The number of rotatable bonds is 5. The Balaban J connectivity index is 2.22. The van der Waals surface area contributed by atoms with E-state index in [-0.39, 0.29) is 23.6 Å². The zero-order chi connectivity index (χ0) is 15.4. The highest BCUT2D eigenvalue weighted by atomic mass is 35.5. The molecule has 21 heavy (non-hydrogen) atoms. The first-order valence-electron chi connectivity index (χ1n) is 6.14. The summed E-state index contributed by atoms with van der Waals surface area (Å²) < 4.78 is 5.50. The van der Waals surface area contributed by atoms with Crippen LogP contribution in [0.1, 0.15) is 22.8 Å². The van der Waals surface area contributed by atoms with Crippen LogP contribution in [0.4, 0.5) is 5.69 Å². The normalized spacial score (nSPS) is 10.2. The molecule has 0 spiro atoms. The number of halogens is 1. The number of nitro benzene ring substituents is 1. The first kappa shape index (κ1) is 15.0. The summed E-state index contributed by atoms with van der Waals surface area (Å²) in [6.45, 7) is 1.48. The maximum Gasteiger partial charge on any atom is 0.283 e. The third-order valence-electron chi connectivity index (χ3n) is 2.90. The molecule has 0 N–H and O–H groups in total. The molecule has 0 saturated heterocycles. The van der Waals surface area contributed by atoms with E-state index in [1.807, 2.05) is 6.07 Å². The third-order valence-corrected chi connectivity index (χ3v) is 3.27. The van der Waals surface area contributed by atoms with E-state index in [0.29, 0.717) is 10.8 Å². The largest absolute Gasteiger partial charge is 0.489 e. The minimum absolute atomic E-state index is 0.0603. The van der Waals surface area contributed by atoms with E-state index in [4.69, 9.17) is 16.3 Å². The molecular formula is C15H12ClNO4. The summed E-state index contributed by atoms with van der Waals surface area (Å²) in [5, 5.41) is 11.5. The summed E-state index contributed by atoms with van der Waals surface area (Å²) in [6, 6.07) is 11.3. The Hall–Kier alpha value is -2.40. The van der Waals surface area contributed by atoms with Crippen molar-refractivity contribution in [2.24, 2.45) is 0 Å². The lowest BCUT2D eigenvalue weighted by molar-refractivity contribution is -0.385. The number of nitro groups is 1. The predicted molar refractivity (Wildman–Crippen MR) is 78.9 cm³/mol. The van der Waals surface area contributed by atoms with Gasteiger partial charge in [0.25, 0.3) is 5.69 Å². The van der Waals surface area contributed by atoms with Crippen LogP contribution in [0.25, 0.3) is 0 Å². The lowest BCUT2D eigenvalue weighted by Crippen LogP contribution is -2.02. The minimum atomic E-state index is -0.598. The Morgan fingerprint density at radius 2 is 2.00 bits per heavy atom. The van der Waals surface area contributed by atoms with Crippen molar-refractivity contribution in [1.29, 1.82) is 0 Å². The van der Waals surface area contributed by atoms with Gasteiger partial charge >= 0.3 is 0 Å². The van der Waals surface area contributed by atoms with Crippen LogP contribution < -0.4 is 4.74 Å². The number of carbonyl (C=O) groups is 1. The van der Waals surface area contributed by atoms with Crippen molar-refractivity contribution >= 4 is 23.1 Å². The summed E-state index contributed by atoms with van der Waals surface area (Å²) >= 11 is 6.01. The van der Waals surface area contributed by atoms with Gasteiger partial charge in [-0.25, -0.2) is 0 Å². The monoisotopic (exact) mass is 305 g/mol. The highest BCUT2D eigenvalue weighted by Gasteiger charge is 2.18. The smallest absolute Gasteiger partial charge is 0.283 e. The van der Waals surface area contributed by atoms with Gasteiger partial charge in [-0.2, -0.15) is 0 Å². The van der Waals surface area contributed by atoms with Crippen LogP contribution in [0.3, 0.4) is 0 Å². The molecule has 0 heterocycles. The van der Waals surface area contributed by atoms with Crippen molar-refractivity contribution < 1.29 is 14.5 Å². The molecule has 0 saturated carbocycles. The van der Waals surface area contributed by atoms with Gasteiger partial charge in [-0.15, -0.1) is 0 Å². The zero-order valence-corrected chi connectivity index (χ0v) is 12.0. The summed E-state index contributed by atoms with van der Waals surface area (Å²) in [5.41, 5.74) is 0.571. The molecule has 0 aliphatic heterocycles. The maximum absolute atomic E-state index is 11.3. The Morgan fingerprint density at radius 1 is 1.29 bits per heavy atom. The molecule has 0 fully saturated rings. The van der Waals surface area contributed by atoms with E-state index in [1.165, 1.54) is 25.1 Å². The summed E-state index contributed by atoms with van der Waals surface area (Å²) in [7, 11) is 0. The molecule has 0 aromatic heterocycles. The number of ether oxygens (including phenoxy) is 1. The Bertz CT molecular complexity index is 700. The average molecular weight is 306 g/mol. The summed E-state index contributed by atoms with van der Waals surface area (Å²) in [6.07, 6.45) is 0. The van der Waals surface area contributed by atoms with E-state index >= 15 is 0 Å². The van der Waals surface area contributed by atoms with Gasteiger partial charge in [-0.3, -0.25) is 14.9 Å². The van der Waals surface area contributed by atoms with E-state index in [2.05, 4.69) is 0 Å². The van der Waals surface area contributed by atoms with Crippen molar-refractivity contribution in [1.82, 2.24) is 0 Å². The van der Waals surface area contributed by atoms with E-state index in [1.54, 1.807) is 18.2 Å². The van der Waals surface area contributed by atoms with Gasteiger partial charge in [0.2, 0.25) is 0 Å². The van der Waals surface area contributed by atoms with Crippen LogP contribution in [0.2, 0.25) is 5.02 Å². The number of carbonyl (C=O) groups excluding carboxylic acids is 1. The summed E-state index contributed by atoms with van der Waals surface area (Å²) in [5.74, 6) is -0.0500. The van der Waals surface area contributed by atoms with Gasteiger partial charge in [0, 0.05) is 10.6 Å². The molecule has 6 heteroatoms. The first-order chi connectivity index (χ1) is 9.99. The molecule has 0 radical (unpaired) electrons. The fraction of sp³-hybridized carbons (Fsp3) is 0.133. The summed E-state index contributed by atoms with van der Waals surface area (Å²) in [4.78, 5) is 21.7. The number of hydrogen-bond acceptors (Lipinski definition) is 4. The van der Waals surface area contributed by atoms with Crippen LogP contribution in [0.5, 0.6) is 5.75 Å². The van der Waals surface area contributed by atoms with Crippen LogP contribution in [-0.2, 0) is 6.61 Å². The van der Waals surface area contributed by atoms with Crippen molar-refractivity contribution in [2.45, 2.75) is 13.5 Å². The molecule has 0 aliphatic carbocycles. The number of Topliss-reactive ketones (excluding diaryl/α,β-unsaturated/α-hetero) is 1. The van der Waals surface area contributed by atoms with Crippen molar-refractivity contribution in [3.8, 4) is 5.75 Å². The highest BCUT2D eigenvalue weighted by Crippen LogP contribution is 2.26. The second-order valence-electron chi connectivity index (χ2n) is 4.37. The number of ketones is 1. The topological polar surface area (TPSA) is 69.4 Å². The van der Waals surface area contributed by atoms with Gasteiger partial charge in [-0.1, -0.05) is 29.8 Å². The molecule has 2 aromatic carbocycles. The second-order valence-corrected chi connectivity index (χ2v) is 4.78. The van der Waals surface area contributed by atoms with Gasteiger partial charge in [0.1, 0.15) is 12.4 Å². The molecule has 0 amide bonds. The fourth-order valence-electron chi connectivity index (χ4n) is 1.83. The SMILES string of the molecule is CC(=O)c1ccc(OCc2ccccc2Cl)cc1[N+](=O)[O-]. The van der Waals surface area contributed by atoms with Crippen LogP contribution in [0.15, 0.2) is 42.5 Å². The number of hydrogen-bond donors (Lipinski definition) is 0. The average Bonchev–Trinajstić information content (AvgIpc) is 2.46. The van der Waals surface area contributed by atoms with Crippen molar-refractivity contribution in [3.63, 3.8) is 0 Å². The predicted octanol–water partition coefficient (Wildman–Crippen LogP) is 4.03. The maximum atomic E-state index is 11.3. The fourth-order valence-corrected chi connectivity index (χ4v) is 2.02. The van der Waals surface area contributed by atoms with Gasteiger partial charge in [-0.05, 0) is 25.1 Å². The molecule has 2 aromatic rings. The number of benzene rings is 2. The van der Waals surface area contributed by atoms with Crippen molar-refractivity contribution in [2.75, 3.05) is 0 Å². The molecule has 0 bridgehead atoms. The minimum Gasteiger partial charge on any atom is -0.489 e. The van der Waals surface area contributed by atoms with E-state index < -0.39 is 4.92 Å². The zero-order valence-electron chi connectivity index (χ0n) is 11.2. The Kier molecular flexibility index (Phi) is 4.55. The molecule has 0 aliphatic rings. The second kappa shape index (κ2) is 6.37. The molecule has 2 rings (SSSR count).